The van der Waals surface area contributed by atoms with Gasteiger partial charge in [0.2, 0.25) is 0 Å². The van der Waals surface area contributed by atoms with Gasteiger partial charge >= 0.3 is 0 Å². The van der Waals surface area contributed by atoms with Crippen molar-refractivity contribution in [3.63, 3.8) is 0 Å². The van der Waals surface area contributed by atoms with E-state index in [2.05, 4.69) is 4.98 Å². The maximum absolute atomic E-state index is 13.3. The van der Waals surface area contributed by atoms with Crippen molar-refractivity contribution in [2.24, 2.45) is 5.73 Å². The van der Waals surface area contributed by atoms with E-state index in [9.17, 15) is 4.39 Å². The molecule has 2 rings (SSSR count). The van der Waals surface area contributed by atoms with Crippen molar-refractivity contribution < 1.29 is 4.39 Å². The zero-order chi connectivity index (χ0) is 13.8. The molecule has 0 spiro atoms. The Balaban J connectivity index is 2.34. The number of pyridine rings is 1. The van der Waals surface area contributed by atoms with Crippen molar-refractivity contribution in [1.29, 1.82) is 0 Å². The minimum absolute atomic E-state index is 0.268. The van der Waals surface area contributed by atoms with E-state index in [1.807, 2.05) is 30.0 Å². The number of nitrogens with zero attached hydrogens (tertiary/aromatic N) is 2. The highest BCUT2D eigenvalue weighted by atomic mass is 32.1. The van der Waals surface area contributed by atoms with E-state index < -0.39 is 0 Å². The first kappa shape index (κ1) is 13.4. The van der Waals surface area contributed by atoms with Crippen LogP contribution in [0.1, 0.15) is 12.5 Å². The summed E-state index contributed by atoms with van der Waals surface area (Å²) in [5.41, 5.74) is 7.01. The van der Waals surface area contributed by atoms with Crippen LogP contribution in [0.2, 0.25) is 0 Å². The first-order valence-corrected chi connectivity index (χ1v) is 6.31. The topological polar surface area (TPSA) is 42.1 Å². The molecule has 0 aliphatic rings. The quantitative estimate of drug-likeness (QED) is 0.871. The lowest BCUT2D eigenvalue weighted by Crippen LogP contribution is -2.18. The SMILES string of the molecule is CCN(c1cccc(F)c1)c1ccc(C(N)=S)cn1. The molecule has 0 radical (unpaired) electrons. The average Bonchev–Trinajstić information content (AvgIpc) is 2.40. The highest BCUT2D eigenvalue weighted by Gasteiger charge is 2.09. The first-order chi connectivity index (χ1) is 9.11. The van der Waals surface area contributed by atoms with Crippen LogP contribution in [0.15, 0.2) is 42.6 Å². The van der Waals surface area contributed by atoms with Gasteiger partial charge < -0.3 is 10.6 Å². The van der Waals surface area contributed by atoms with Gasteiger partial charge in [0.1, 0.15) is 16.6 Å². The lowest BCUT2D eigenvalue weighted by molar-refractivity contribution is 0.627. The third-order valence-corrected chi connectivity index (χ3v) is 2.98. The first-order valence-electron chi connectivity index (χ1n) is 5.90. The molecule has 1 heterocycles. The zero-order valence-electron chi connectivity index (χ0n) is 10.5. The van der Waals surface area contributed by atoms with Gasteiger partial charge in [-0.2, -0.15) is 0 Å². The predicted octanol–water partition coefficient (Wildman–Crippen LogP) is 3.01. The maximum Gasteiger partial charge on any atom is 0.132 e. The zero-order valence-corrected chi connectivity index (χ0v) is 11.3. The van der Waals surface area contributed by atoms with Crippen LogP contribution in [-0.4, -0.2) is 16.5 Å². The second-order valence-electron chi connectivity index (χ2n) is 3.99. The molecule has 0 saturated heterocycles. The Morgan fingerprint density at radius 3 is 2.68 bits per heavy atom. The fourth-order valence-corrected chi connectivity index (χ4v) is 1.93. The van der Waals surface area contributed by atoms with Crippen molar-refractivity contribution in [3.8, 4) is 0 Å². The Bertz CT molecular complexity index is 583. The van der Waals surface area contributed by atoms with Crippen LogP contribution >= 0.6 is 12.2 Å². The Morgan fingerprint density at radius 1 is 1.37 bits per heavy atom. The molecule has 1 aromatic carbocycles. The smallest absolute Gasteiger partial charge is 0.132 e. The molecule has 19 heavy (non-hydrogen) atoms. The number of benzene rings is 1. The van der Waals surface area contributed by atoms with Gasteiger partial charge in [0.25, 0.3) is 0 Å². The van der Waals surface area contributed by atoms with E-state index in [4.69, 9.17) is 18.0 Å². The van der Waals surface area contributed by atoms with Crippen LogP contribution in [0.4, 0.5) is 15.9 Å². The Hall–Kier alpha value is -2.01. The van der Waals surface area contributed by atoms with Crippen molar-refractivity contribution in [1.82, 2.24) is 4.98 Å². The summed E-state index contributed by atoms with van der Waals surface area (Å²) >= 11 is 4.88. The van der Waals surface area contributed by atoms with Gasteiger partial charge in [0, 0.05) is 24.0 Å². The summed E-state index contributed by atoms with van der Waals surface area (Å²) in [5.74, 6) is 0.462. The molecule has 0 saturated carbocycles. The second kappa shape index (κ2) is 5.75. The number of anilines is 2. The molecule has 0 aliphatic carbocycles. The van der Waals surface area contributed by atoms with Crippen molar-refractivity contribution in [2.75, 3.05) is 11.4 Å². The summed E-state index contributed by atoms with van der Waals surface area (Å²) in [5, 5.41) is 0. The maximum atomic E-state index is 13.3. The van der Waals surface area contributed by atoms with Crippen LogP contribution in [-0.2, 0) is 0 Å². The van der Waals surface area contributed by atoms with E-state index in [-0.39, 0.29) is 5.82 Å². The summed E-state index contributed by atoms with van der Waals surface area (Å²) in [6, 6.07) is 10.1. The van der Waals surface area contributed by atoms with Gasteiger partial charge in [0.15, 0.2) is 0 Å². The lowest BCUT2D eigenvalue weighted by Gasteiger charge is -2.22. The minimum Gasteiger partial charge on any atom is -0.389 e. The normalized spacial score (nSPS) is 10.2. The van der Waals surface area contributed by atoms with E-state index >= 15 is 0 Å². The number of halogens is 1. The van der Waals surface area contributed by atoms with Gasteiger partial charge in [0.05, 0.1) is 0 Å². The summed E-state index contributed by atoms with van der Waals surface area (Å²) in [6.45, 7) is 2.66. The summed E-state index contributed by atoms with van der Waals surface area (Å²) in [6.07, 6.45) is 1.62. The fourth-order valence-electron chi connectivity index (χ4n) is 1.81. The molecule has 0 unspecified atom stereocenters. The average molecular weight is 275 g/mol. The molecule has 2 aromatic rings. The monoisotopic (exact) mass is 275 g/mol. The van der Waals surface area contributed by atoms with Crippen LogP contribution in [0, 0.1) is 5.82 Å². The molecule has 98 valence electrons. The number of thiocarbonyl (C=S) groups is 1. The molecule has 3 nitrogen and oxygen atoms in total. The molecular weight excluding hydrogens is 261 g/mol. The van der Waals surface area contributed by atoms with E-state index in [1.165, 1.54) is 12.1 Å². The van der Waals surface area contributed by atoms with Crippen LogP contribution in [0.25, 0.3) is 0 Å². The van der Waals surface area contributed by atoms with E-state index in [1.54, 1.807) is 12.3 Å². The largest absolute Gasteiger partial charge is 0.389 e. The highest BCUT2D eigenvalue weighted by molar-refractivity contribution is 7.80. The summed E-state index contributed by atoms with van der Waals surface area (Å²) in [7, 11) is 0. The van der Waals surface area contributed by atoms with Gasteiger partial charge in [-0.3, -0.25) is 0 Å². The third kappa shape index (κ3) is 3.06. The molecular formula is C14H14FN3S. The molecule has 0 bridgehead atoms. The number of aromatic nitrogens is 1. The highest BCUT2D eigenvalue weighted by Crippen LogP contribution is 2.23. The molecule has 2 N–H and O–H groups in total. The molecule has 5 heteroatoms. The van der Waals surface area contributed by atoms with Gasteiger partial charge in [-0.05, 0) is 37.3 Å². The predicted molar refractivity (Wildman–Crippen MR) is 79.2 cm³/mol. The standard InChI is InChI=1S/C14H14FN3S/c1-2-18(12-5-3-4-11(15)8-12)13-7-6-10(9-17-13)14(16)19/h3-9H,2H2,1H3,(H2,16,19). The van der Waals surface area contributed by atoms with Crippen LogP contribution < -0.4 is 10.6 Å². The van der Waals surface area contributed by atoms with Crippen molar-refractivity contribution in [2.45, 2.75) is 6.92 Å². The lowest BCUT2D eigenvalue weighted by atomic mass is 10.2. The molecule has 0 aliphatic heterocycles. The van der Waals surface area contributed by atoms with Gasteiger partial charge in [-0.15, -0.1) is 0 Å². The number of hydrogen-bond acceptors (Lipinski definition) is 3. The molecule has 1 aromatic heterocycles. The van der Waals surface area contributed by atoms with E-state index in [0.29, 0.717) is 17.1 Å². The minimum atomic E-state index is -0.268. The molecule has 0 amide bonds. The fraction of sp³-hybridized carbons (Fsp3) is 0.143. The van der Waals surface area contributed by atoms with Gasteiger partial charge in [-0.25, -0.2) is 9.37 Å². The summed E-state index contributed by atoms with van der Waals surface area (Å²) < 4.78 is 13.3. The molecule has 0 atom stereocenters. The van der Waals surface area contributed by atoms with Crippen molar-refractivity contribution >= 4 is 28.7 Å². The van der Waals surface area contributed by atoms with Crippen LogP contribution in [0.5, 0.6) is 0 Å². The molecule has 0 fully saturated rings. The number of nitrogens with two attached hydrogens (primary N) is 1. The summed E-state index contributed by atoms with van der Waals surface area (Å²) in [4.78, 5) is 6.54. The Labute approximate surface area is 116 Å². The van der Waals surface area contributed by atoms with Crippen LogP contribution in [0.3, 0.4) is 0 Å². The van der Waals surface area contributed by atoms with E-state index in [0.717, 1.165) is 11.5 Å². The third-order valence-electron chi connectivity index (χ3n) is 2.75. The van der Waals surface area contributed by atoms with Crippen molar-refractivity contribution in [3.05, 3.63) is 54.0 Å². The van der Waals surface area contributed by atoms with Gasteiger partial charge in [-0.1, -0.05) is 18.3 Å². The Morgan fingerprint density at radius 2 is 2.16 bits per heavy atom. The number of hydrogen-bond donors (Lipinski definition) is 1. The second-order valence-corrected chi connectivity index (χ2v) is 4.43. The Kier molecular flexibility index (Phi) is 4.06. The number of rotatable bonds is 4.